The largest absolute Gasteiger partial charge is 0.453 e. The fraction of sp³-hybridized carbons (Fsp3) is 0.0769. The van der Waals surface area contributed by atoms with Gasteiger partial charge >= 0.3 is 0 Å². The summed E-state index contributed by atoms with van der Waals surface area (Å²) in [5, 5.41) is 3.19. The maximum absolute atomic E-state index is 13.2. The monoisotopic (exact) mass is 491 g/mol. The summed E-state index contributed by atoms with van der Waals surface area (Å²) in [6, 6.07) is 22.8. The third-order valence-corrected chi connectivity index (χ3v) is 9.61. The Morgan fingerprint density at radius 1 is 0.588 bits per heavy atom. The number of sulfone groups is 2. The molecule has 0 amide bonds. The molecular weight excluding hydrogens is 470 g/mol. The summed E-state index contributed by atoms with van der Waals surface area (Å²) >= 11 is 0. The van der Waals surface area contributed by atoms with Crippen molar-refractivity contribution < 1.29 is 21.6 Å². The van der Waals surface area contributed by atoms with Crippen LogP contribution in [0.25, 0.3) is 0 Å². The second kappa shape index (κ2) is 8.00. The Bertz CT molecular complexity index is 1540. The molecule has 1 heterocycles. The van der Waals surface area contributed by atoms with Gasteiger partial charge in [0, 0.05) is 12.1 Å². The van der Waals surface area contributed by atoms with E-state index < -0.39 is 19.7 Å². The van der Waals surface area contributed by atoms with Crippen LogP contribution in [0.3, 0.4) is 0 Å². The van der Waals surface area contributed by atoms with Crippen molar-refractivity contribution in [2.45, 2.75) is 33.4 Å². The molecular formula is C26H21NO5S2. The molecule has 34 heavy (non-hydrogen) atoms. The van der Waals surface area contributed by atoms with Crippen molar-refractivity contribution in [2.24, 2.45) is 0 Å². The van der Waals surface area contributed by atoms with Gasteiger partial charge in [-0.25, -0.2) is 16.8 Å². The Balaban J connectivity index is 1.53. The van der Waals surface area contributed by atoms with Gasteiger partial charge in [0.1, 0.15) is 0 Å². The maximum atomic E-state index is 13.2. The Labute approximate surface area is 198 Å². The van der Waals surface area contributed by atoms with Crippen molar-refractivity contribution in [3.8, 4) is 11.5 Å². The van der Waals surface area contributed by atoms with Crippen LogP contribution in [0.5, 0.6) is 11.5 Å². The fourth-order valence-electron chi connectivity index (χ4n) is 3.95. The number of rotatable bonds is 4. The summed E-state index contributed by atoms with van der Waals surface area (Å²) in [7, 11) is -7.51. The Kier molecular flexibility index (Phi) is 5.22. The van der Waals surface area contributed by atoms with Crippen molar-refractivity contribution in [3.05, 3.63) is 96.1 Å². The zero-order chi connectivity index (χ0) is 24.1. The lowest BCUT2D eigenvalue weighted by molar-refractivity contribution is 0.477. The molecule has 0 bridgehead atoms. The van der Waals surface area contributed by atoms with Crippen molar-refractivity contribution in [2.75, 3.05) is 5.32 Å². The second-order valence-electron chi connectivity index (χ2n) is 8.08. The minimum atomic E-state index is -3.76. The van der Waals surface area contributed by atoms with E-state index in [4.69, 9.17) is 4.74 Å². The zero-order valence-electron chi connectivity index (χ0n) is 18.4. The number of hydrogen-bond donors (Lipinski definition) is 1. The van der Waals surface area contributed by atoms with E-state index in [0.29, 0.717) is 34.0 Å². The summed E-state index contributed by atoms with van der Waals surface area (Å²) in [5.74, 6) is 0.597. The number of fused-ring (bicyclic) bond motifs is 2. The van der Waals surface area contributed by atoms with E-state index in [1.54, 1.807) is 74.5 Å². The molecule has 0 unspecified atom stereocenters. The van der Waals surface area contributed by atoms with Crippen LogP contribution < -0.4 is 10.1 Å². The molecule has 0 spiro atoms. The highest BCUT2D eigenvalue weighted by atomic mass is 32.2. The highest BCUT2D eigenvalue weighted by molar-refractivity contribution is 7.91. The smallest absolute Gasteiger partial charge is 0.206 e. The number of anilines is 2. The number of ether oxygens (including phenoxy) is 1. The van der Waals surface area contributed by atoms with E-state index in [0.717, 1.165) is 0 Å². The number of benzene rings is 4. The summed E-state index contributed by atoms with van der Waals surface area (Å²) < 4.78 is 58.8. The molecule has 0 aromatic heterocycles. The highest BCUT2D eigenvalue weighted by Gasteiger charge is 2.26. The normalized spacial score (nSPS) is 12.8. The molecule has 1 aliphatic heterocycles. The van der Waals surface area contributed by atoms with E-state index in [9.17, 15) is 16.8 Å². The zero-order valence-corrected chi connectivity index (χ0v) is 20.1. The van der Waals surface area contributed by atoms with Gasteiger partial charge in [-0.1, -0.05) is 36.4 Å². The summed E-state index contributed by atoms with van der Waals surface area (Å²) in [6.07, 6.45) is 0. The molecule has 0 atom stereocenters. The van der Waals surface area contributed by atoms with Crippen molar-refractivity contribution >= 4 is 31.0 Å². The van der Waals surface area contributed by atoms with Gasteiger partial charge in [0.25, 0.3) is 0 Å². The lowest BCUT2D eigenvalue weighted by Crippen LogP contribution is -2.09. The molecule has 0 radical (unpaired) electrons. The minimum absolute atomic E-state index is 0.0921. The summed E-state index contributed by atoms with van der Waals surface area (Å²) in [6.45, 7) is 3.49. The third kappa shape index (κ3) is 3.65. The van der Waals surface area contributed by atoms with Crippen LogP contribution in [0.4, 0.5) is 11.4 Å². The molecule has 0 aliphatic carbocycles. The van der Waals surface area contributed by atoms with Crippen LogP contribution >= 0.6 is 0 Å². The van der Waals surface area contributed by atoms with Gasteiger partial charge in [-0.3, -0.25) is 0 Å². The molecule has 172 valence electrons. The van der Waals surface area contributed by atoms with Gasteiger partial charge in [0.05, 0.1) is 31.0 Å². The average molecular weight is 492 g/mol. The lowest BCUT2D eigenvalue weighted by atomic mass is 10.2. The lowest BCUT2D eigenvalue weighted by Gasteiger charge is -2.23. The SMILES string of the molecule is Cc1ccccc1S(=O)(=O)c1ccc2c(c1)Oc1cc(S(=O)(=O)c3ccccc3C)ccc1N2. The number of hydrogen-bond acceptors (Lipinski definition) is 6. The van der Waals surface area contributed by atoms with Gasteiger partial charge in [0.15, 0.2) is 11.5 Å². The first-order valence-corrected chi connectivity index (χ1v) is 13.5. The third-order valence-electron chi connectivity index (χ3n) is 5.78. The predicted octanol–water partition coefficient (Wildman–Crippen LogP) is 5.82. The van der Waals surface area contributed by atoms with Gasteiger partial charge < -0.3 is 10.1 Å². The molecule has 8 heteroatoms. The molecule has 0 saturated heterocycles. The Morgan fingerprint density at radius 3 is 1.41 bits per heavy atom. The Hall–Kier alpha value is -3.62. The molecule has 6 nitrogen and oxygen atoms in total. The van der Waals surface area contributed by atoms with Gasteiger partial charge in [-0.15, -0.1) is 0 Å². The quantitative estimate of drug-likeness (QED) is 0.341. The topological polar surface area (TPSA) is 89.5 Å². The first-order chi connectivity index (χ1) is 16.2. The molecule has 1 N–H and O–H groups in total. The predicted molar refractivity (Wildman–Crippen MR) is 130 cm³/mol. The molecule has 4 aromatic carbocycles. The highest BCUT2D eigenvalue weighted by Crippen LogP contribution is 2.44. The minimum Gasteiger partial charge on any atom is -0.453 e. The number of nitrogens with one attached hydrogen (secondary N) is 1. The van der Waals surface area contributed by atoms with Crippen LogP contribution in [-0.2, 0) is 19.7 Å². The van der Waals surface area contributed by atoms with Crippen LogP contribution in [0, 0.1) is 13.8 Å². The first kappa shape index (κ1) is 22.2. The van der Waals surface area contributed by atoms with Crippen LogP contribution in [-0.4, -0.2) is 16.8 Å². The molecule has 5 rings (SSSR count). The fourth-order valence-corrected chi connectivity index (χ4v) is 6.97. The van der Waals surface area contributed by atoms with Gasteiger partial charge in [0.2, 0.25) is 19.7 Å². The van der Waals surface area contributed by atoms with Gasteiger partial charge in [-0.2, -0.15) is 0 Å². The first-order valence-electron chi connectivity index (χ1n) is 10.5. The van der Waals surface area contributed by atoms with Crippen molar-refractivity contribution in [1.82, 2.24) is 0 Å². The van der Waals surface area contributed by atoms with Crippen molar-refractivity contribution in [1.29, 1.82) is 0 Å². The average Bonchev–Trinajstić information content (AvgIpc) is 2.82. The van der Waals surface area contributed by atoms with Crippen LogP contribution in [0.15, 0.2) is 105 Å². The molecule has 0 fully saturated rings. The van der Waals surface area contributed by atoms with Gasteiger partial charge in [-0.05, 0) is 61.4 Å². The molecule has 4 aromatic rings. The summed E-state index contributed by atoms with van der Waals surface area (Å²) in [5.41, 5.74) is 2.47. The van der Waals surface area contributed by atoms with E-state index >= 15 is 0 Å². The van der Waals surface area contributed by atoms with E-state index in [1.165, 1.54) is 24.3 Å². The van der Waals surface area contributed by atoms with E-state index in [-0.39, 0.29) is 19.6 Å². The van der Waals surface area contributed by atoms with Crippen LogP contribution in [0.2, 0.25) is 0 Å². The Morgan fingerprint density at radius 2 is 1.00 bits per heavy atom. The van der Waals surface area contributed by atoms with Crippen LogP contribution in [0.1, 0.15) is 11.1 Å². The standard InChI is InChI=1S/C26H21NO5S2/c1-17-7-3-5-9-25(17)33(28,29)19-11-13-21-23(15-19)32-24-16-20(12-14-22(24)27-21)34(30,31)26-10-6-4-8-18(26)2/h3-16,27H,1-2H3. The molecule has 1 aliphatic rings. The maximum Gasteiger partial charge on any atom is 0.206 e. The van der Waals surface area contributed by atoms with E-state index in [1.807, 2.05) is 0 Å². The molecule has 0 saturated carbocycles. The summed E-state index contributed by atoms with van der Waals surface area (Å²) in [4.78, 5) is 0.639. The van der Waals surface area contributed by atoms with Crippen molar-refractivity contribution in [3.63, 3.8) is 0 Å². The second-order valence-corrected chi connectivity index (χ2v) is 11.9. The number of aryl methyl sites for hydroxylation is 2. The van der Waals surface area contributed by atoms with E-state index in [2.05, 4.69) is 5.32 Å².